The van der Waals surface area contributed by atoms with Gasteiger partial charge in [0.05, 0.1) is 25.7 Å². The van der Waals surface area contributed by atoms with Gasteiger partial charge in [-0.25, -0.2) is 0 Å². The number of nitrogens with one attached hydrogen (secondary N) is 2. The van der Waals surface area contributed by atoms with Crippen LogP contribution in [0.5, 0.6) is 11.5 Å². The summed E-state index contributed by atoms with van der Waals surface area (Å²) in [5.41, 5.74) is 1.83. The van der Waals surface area contributed by atoms with Gasteiger partial charge in [0.2, 0.25) is 11.8 Å². The first-order valence-electron chi connectivity index (χ1n) is 9.30. The molecule has 6 heteroatoms. The van der Waals surface area contributed by atoms with Crippen molar-refractivity contribution in [3.05, 3.63) is 59.7 Å². The Hall–Kier alpha value is -3.02. The van der Waals surface area contributed by atoms with Gasteiger partial charge in [-0.1, -0.05) is 24.3 Å². The molecule has 2 amide bonds. The SMILES string of the molecule is COc1ccc(C(CC(=O)NCc2ccc(OC(C)C)cc2)NC(C)=O)cc1. The minimum absolute atomic E-state index is 0.120. The van der Waals surface area contributed by atoms with Crippen molar-refractivity contribution < 1.29 is 19.1 Å². The molecule has 1 unspecified atom stereocenters. The van der Waals surface area contributed by atoms with Crippen LogP contribution >= 0.6 is 0 Å². The van der Waals surface area contributed by atoms with Crippen molar-refractivity contribution in [3.63, 3.8) is 0 Å². The summed E-state index contributed by atoms with van der Waals surface area (Å²) in [5.74, 6) is 1.20. The summed E-state index contributed by atoms with van der Waals surface area (Å²) >= 11 is 0. The zero-order chi connectivity index (χ0) is 20.5. The molecule has 150 valence electrons. The standard InChI is InChI=1S/C22H28N2O4/c1-15(2)28-20-9-5-17(6-10-20)14-23-22(26)13-21(24-16(3)25)18-7-11-19(27-4)12-8-18/h5-12,15,21H,13-14H2,1-4H3,(H,23,26)(H,24,25). The van der Waals surface area contributed by atoms with Crippen molar-refractivity contribution in [1.82, 2.24) is 10.6 Å². The molecule has 0 saturated carbocycles. The highest BCUT2D eigenvalue weighted by Gasteiger charge is 2.17. The van der Waals surface area contributed by atoms with E-state index < -0.39 is 6.04 Å². The minimum Gasteiger partial charge on any atom is -0.497 e. The third-order valence-electron chi connectivity index (χ3n) is 4.07. The molecule has 0 spiro atoms. The fourth-order valence-corrected chi connectivity index (χ4v) is 2.75. The predicted octanol–water partition coefficient (Wildman–Crippen LogP) is 3.37. The van der Waals surface area contributed by atoms with Gasteiger partial charge in [-0.2, -0.15) is 0 Å². The number of carbonyl (C=O) groups excluding carboxylic acids is 2. The number of hydrogen-bond donors (Lipinski definition) is 2. The second-order valence-electron chi connectivity index (χ2n) is 6.82. The van der Waals surface area contributed by atoms with E-state index in [2.05, 4.69) is 10.6 Å². The summed E-state index contributed by atoms with van der Waals surface area (Å²) in [6.07, 6.45) is 0.273. The Morgan fingerprint density at radius 3 is 2.11 bits per heavy atom. The molecule has 0 aliphatic carbocycles. The number of hydrogen-bond acceptors (Lipinski definition) is 4. The lowest BCUT2D eigenvalue weighted by atomic mass is 10.0. The molecule has 2 aromatic carbocycles. The van der Waals surface area contributed by atoms with E-state index in [0.717, 1.165) is 22.6 Å². The van der Waals surface area contributed by atoms with Gasteiger partial charge in [-0.15, -0.1) is 0 Å². The van der Waals surface area contributed by atoms with Crippen LogP contribution in [-0.2, 0) is 16.1 Å². The van der Waals surface area contributed by atoms with Crippen molar-refractivity contribution >= 4 is 11.8 Å². The Balaban J connectivity index is 1.94. The summed E-state index contributed by atoms with van der Waals surface area (Å²) in [6, 6.07) is 14.5. The molecule has 0 saturated heterocycles. The van der Waals surface area contributed by atoms with E-state index in [-0.39, 0.29) is 24.3 Å². The average molecular weight is 384 g/mol. The normalized spacial score (nSPS) is 11.6. The highest BCUT2D eigenvalue weighted by atomic mass is 16.5. The lowest BCUT2D eigenvalue weighted by Crippen LogP contribution is -2.32. The molecule has 0 aliphatic heterocycles. The Morgan fingerprint density at radius 2 is 1.57 bits per heavy atom. The van der Waals surface area contributed by atoms with Crippen LogP contribution in [0, 0.1) is 0 Å². The van der Waals surface area contributed by atoms with Crippen LogP contribution < -0.4 is 20.1 Å². The zero-order valence-corrected chi connectivity index (χ0v) is 16.8. The van der Waals surface area contributed by atoms with E-state index in [4.69, 9.17) is 9.47 Å². The number of ether oxygens (including phenoxy) is 2. The van der Waals surface area contributed by atoms with Gasteiger partial charge in [0.15, 0.2) is 0 Å². The first-order valence-corrected chi connectivity index (χ1v) is 9.30. The van der Waals surface area contributed by atoms with E-state index >= 15 is 0 Å². The van der Waals surface area contributed by atoms with E-state index in [1.54, 1.807) is 7.11 Å². The van der Waals surface area contributed by atoms with Crippen molar-refractivity contribution in [2.75, 3.05) is 7.11 Å². The van der Waals surface area contributed by atoms with Crippen LogP contribution in [0.1, 0.15) is 44.4 Å². The van der Waals surface area contributed by atoms with E-state index in [1.165, 1.54) is 6.92 Å². The maximum absolute atomic E-state index is 12.4. The molecule has 0 fully saturated rings. The molecular formula is C22H28N2O4. The molecule has 0 aromatic heterocycles. The summed E-state index contributed by atoms with van der Waals surface area (Å²) < 4.78 is 10.8. The molecule has 2 aromatic rings. The first-order chi connectivity index (χ1) is 13.4. The molecule has 2 rings (SSSR count). The maximum atomic E-state index is 12.4. The van der Waals surface area contributed by atoms with E-state index in [9.17, 15) is 9.59 Å². The van der Waals surface area contributed by atoms with Crippen LogP contribution in [0.2, 0.25) is 0 Å². The van der Waals surface area contributed by atoms with Crippen molar-refractivity contribution in [3.8, 4) is 11.5 Å². The van der Waals surface area contributed by atoms with Gasteiger partial charge in [0.25, 0.3) is 0 Å². The number of amides is 2. The Kier molecular flexibility index (Phi) is 7.87. The molecule has 28 heavy (non-hydrogen) atoms. The summed E-state index contributed by atoms with van der Waals surface area (Å²) in [7, 11) is 1.59. The van der Waals surface area contributed by atoms with Crippen LogP contribution in [0.3, 0.4) is 0 Å². The zero-order valence-electron chi connectivity index (χ0n) is 16.8. The van der Waals surface area contributed by atoms with Crippen LogP contribution in [0.25, 0.3) is 0 Å². The third kappa shape index (κ3) is 6.95. The van der Waals surface area contributed by atoms with Crippen LogP contribution in [0.15, 0.2) is 48.5 Å². The molecule has 0 radical (unpaired) electrons. The molecule has 1 atom stereocenters. The lowest BCUT2D eigenvalue weighted by Gasteiger charge is -2.18. The number of methoxy groups -OCH3 is 1. The highest BCUT2D eigenvalue weighted by molar-refractivity contribution is 5.79. The molecule has 2 N–H and O–H groups in total. The topological polar surface area (TPSA) is 76.7 Å². The smallest absolute Gasteiger partial charge is 0.222 e. The first kappa shape index (κ1) is 21.3. The number of rotatable bonds is 9. The van der Waals surface area contributed by atoms with Gasteiger partial charge in [0, 0.05) is 13.5 Å². The number of benzene rings is 2. The second-order valence-corrected chi connectivity index (χ2v) is 6.82. The van der Waals surface area contributed by atoms with Crippen LogP contribution in [0.4, 0.5) is 0 Å². The lowest BCUT2D eigenvalue weighted by molar-refractivity contribution is -0.122. The molecule has 0 bridgehead atoms. The Bertz CT molecular complexity index is 770. The average Bonchev–Trinajstić information content (AvgIpc) is 2.66. The monoisotopic (exact) mass is 384 g/mol. The van der Waals surface area contributed by atoms with Crippen molar-refractivity contribution in [1.29, 1.82) is 0 Å². The van der Waals surface area contributed by atoms with E-state index in [1.807, 2.05) is 62.4 Å². The van der Waals surface area contributed by atoms with Gasteiger partial charge < -0.3 is 20.1 Å². The number of carbonyl (C=O) groups is 2. The maximum Gasteiger partial charge on any atom is 0.222 e. The third-order valence-corrected chi connectivity index (χ3v) is 4.07. The second kappa shape index (κ2) is 10.3. The summed E-state index contributed by atoms with van der Waals surface area (Å²) in [4.78, 5) is 23.9. The van der Waals surface area contributed by atoms with E-state index in [0.29, 0.717) is 6.54 Å². The minimum atomic E-state index is -0.398. The summed E-state index contributed by atoms with van der Waals surface area (Å²) in [6.45, 7) is 5.80. The Morgan fingerprint density at radius 1 is 0.964 bits per heavy atom. The van der Waals surface area contributed by atoms with Gasteiger partial charge >= 0.3 is 0 Å². The fourth-order valence-electron chi connectivity index (χ4n) is 2.75. The quantitative estimate of drug-likeness (QED) is 0.695. The molecular weight excluding hydrogens is 356 g/mol. The van der Waals surface area contributed by atoms with Crippen LogP contribution in [-0.4, -0.2) is 25.0 Å². The fraction of sp³-hybridized carbons (Fsp3) is 0.364. The molecule has 6 nitrogen and oxygen atoms in total. The Labute approximate surface area is 166 Å². The van der Waals surface area contributed by atoms with Gasteiger partial charge in [-0.3, -0.25) is 9.59 Å². The van der Waals surface area contributed by atoms with Gasteiger partial charge in [0.1, 0.15) is 11.5 Å². The molecule has 0 heterocycles. The predicted molar refractivity (Wildman–Crippen MR) is 108 cm³/mol. The van der Waals surface area contributed by atoms with Gasteiger partial charge in [-0.05, 0) is 49.2 Å². The van der Waals surface area contributed by atoms with Crippen molar-refractivity contribution in [2.45, 2.75) is 45.9 Å². The highest BCUT2D eigenvalue weighted by Crippen LogP contribution is 2.20. The molecule has 0 aliphatic rings. The largest absolute Gasteiger partial charge is 0.497 e. The summed E-state index contributed by atoms with van der Waals surface area (Å²) in [5, 5.41) is 5.73. The van der Waals surface area contributed by atoms with Crippen molar-refractivity contribution in [2.24, 2.45) is 0 Å².